The molecular formula is C19H21N5O2. The summed E-state index contributed by atoms with van der Waals surface area (Å²) in [6, 6.07) is 6.94. The molecule has 3 saturated heterocycles. The number of imide groups is 1. The molecule has 2 unspecified atom stereocenters. The van der Waals surface area contributed by atoms with Gasteiger partial charge in [-0.3, -0.25) is 20.0 Å². The minimum absolute atomic E-state index is 0.226. The summed E-state index contributed by atoms with van der Waals surface area (Å²) in [6.45, 7) is 2.38. The van der Waals surface area contributed by atoms with Crippen molar-refractivity contribution < 1.29 is 9.59 Å². The summed E-state index contributed by atoms with van der Waals surface area (Å²) in [6.07, 6.45) is 6.37. The number of nitrogens with one attached hydrogen (secondary N) is 2. The number of nitrogens with zero attached hydrogens (tertiary/aromatic N) is 3. The highest BCUT2D eigenvalue weighted by molar-refractivity contribution is 6.11. The Kier molecular flexibility index (Phi) is 3.56. The topological polar surface area (TPSA) is 77.6 Å². The predicted molar refractivity (Wildman–Crippen MR) is 99.4 cm³/mol. The molecule has 2 atom stereocenters. The molecule has 3 amide bonds. The number of hydrogen-bond acceptors (Lipinski definition) is 5. The van der Waals surface area contributed by atoms with E-state index in [1.165, 1.54) is 18.5 Å². The molecule has 1 aromatic carbocycles. The van der Waals surface area contributed by atoms with Crippen LogP contribution in [-0.2, 0) is 4.79 Å². The fraction of sp³-hybridized carbons (Fsp3) is 0.421. The van der Waals surface area contributed by atoms with Crippen LogP contribution in [0.2, 0.25) is 0 Å². The summed E-state index contributed by atoms with van der Waals surface area (Å²) in [5, 5.41) is 8.10. The Bertz CT molecular complexity index is 887. The summed E-state index contributed by atoms with van der Waals surface area (Å²) in [7, 11) is 0. The average Bonchev–Trinajstić information content (AvgIpc) is 2.99. The second kappa shape index (κ2) is 5.95. The number of rotatable bonds is 2. The van der Waals surface area contributed by atoms with Crippen molar-refractivity contribution in [1.29, 1.82) is 0 Å². The van der Waals surface area contributed by atoms with Crippen LogP contribution in [0.4, 0.5) is 16.2 Å². The van der Waals surface area contributed by atoms with Crippen LogP contribution in [0.15, 0.2) is 30.6 Å². The predicted octanol–water partition coefficient (Wildman–Crippen LogP) is 1.62. The first-order chi connectivity index (χ1) is 12.7. The number of amides is 3. The molecule has 3 fully saturated rings. The van der Waals surface area contributed by atoms with Gasteiger partial charge in [0, 0.05) is 60.8 Å². The van der Waals surface area contributed by atoms with Crippen LogP contribution in [-0.4, -0.2) is 48.6 Å². The normalized spacial score (nSPS) is 25.7. The number of aromatic nitrogens is 1. The van der Waals surface area contributed by atoms with Gasteiger partial charge in [-0.15, -0.1) is 0 Å². The lowest BCUT2D eigenvalue weighted by molar-refractivity contribution is -0.120. The van der Waals surface area contributed by atoms with Gasteiger partial charge in [0.1, 0.15) is 0 Å². The van der Waals surface area contributed by atoms with Gasteiger partial charge in [0.2, 0.25) is 5.91 Å². The lowest BCUT2D eigenvalue weighted by Gasteiger charge is -2.35. The molecule has 0 radical (unpaired) electrons. The highest BCUT2D eigenvalue weighted by Gasteiger charge is 2.33. The molecule has 7 heteroatoms. The fourth-order valence-corrected chi connectivity index (χ4v) is 4.44. The molecule has 5 rings (SSSR count). The summed E-state index contributed by atoms with van der Waals surface area (Å²) in [4.78, 5) is 32.2. The first-order valence-corrected chi connectivity index (χ1v) is 9.18. The molecule has 134 valence electrons. The summed E-state index contributed by atoms with van der Waals surface area (Å²) in [5.74, 6) is -0.226. The molecular weight excluding hydrogens is 330 g/mol. The summed E-state index contributed by atoms with van der Waals surface area (Å²) < 4.78 is 0. The minimum Gasteiger partial charge on any atom is -0.368 e. The first-order valence-electron chi connectivity index (χ1n) is 9.18. The SMILES string of the molecule is O=C1CCN(c2cncc3c(N4CC5CCC(C4)N5)cccc23)C(=O)N1. The van der Waals surface area contributed by atoms with Crippen LogP contribution < -0.4 is 20.4 Å². The van der Waals surface area contributed by atoms with Gasteiger partial charge in [-0.1, -0.05) is 12.1 Å². The molecule has 1 aromatic heterocycles. The van der Waals surface area contributed by atoms with E-state index in [2.05, 4.69) is 26.6 Å². The maximum absolute atomic E-state index is 12.3. The number of anilines is 2. The Morgan fingerprint density at radius 1 is 1.00 bits per heavy atom. The third kappa shape index (κ3) is 2.50. The highest BCUT2D eigenvalue weighted by Crippen LogP contribution is 2.35. The average molecular weight is 351 g/mol. The number of carbonyl (C=O) groups excluding carboxylic acids is 2. The van der Waals surface area contributed by atoms with Crippen molar-refractivity contribution in [2.45, 2.75) is 31.3 Å². The number of fused-ring (bicyclic) bond motifs is 3. The third-order valence-electron chi connectivity index (χ3n) is 5.66. The quantitative estimate of drug-likeness (QED) is 0.860. The van der Waals surface area contributed by atoms with Crippen LogP contribution in [0.5, 0.6) is 0 Å². The monoisotopic (exact) mass is 351 g/mol. The van der Waals surface area contributed by atoms with Crippen LogP contribution >= 0.6 is 0 Å². The van der Waals surface area contributed by atoms with Crippen LogP contribution in [0.25, 0.3) is 10.8 Å². The van der Waals surface area contributed by atoms with Crippen molar-refractivity contribution in [3.63, 3.8) is 0 Å². The molecule has 2 aromatic rings. The Morgan fingerprint density at radius 2 is 1.81 bits per heavy atom. The van der Waals surface area contributed by atoms with Crippen molar-refractivity contribution in [2.24, 2.45) is 0 Å². The van der Waals surface area contributed by atoms with E-state index in [0.29, 0.717) is 25.0 Å². The zero-order valence-electron chi connectivity index (χ0n) is 14.4. The summed E-state index contributed by atoms with van der Waals surface area (Å²) >= 11 is 0. The van der Waals surface area contributed by atoms with Crippen LogP contribution in [0.3, 0.4) is 0 Å². The maximum Gasteiger partial charge on any atom is 0.328 e. The van der Waals surface area contributed by atoms with E-state index < -0.39 is 0 Å². The lowest BCUT2D eigenvalue weighted by Crippen LogP contribution is -2.51. The van der Waals surface area contributed by atoms with Gasteiger partial charge in [0.25, 0.3) is 0 Å². The van der Waals surface area contributed by atoms with Crippen molar-refractivity contribution in [2.75, 3.05) is 29.4 Å². The smallest absolute Gasteiger partial charge is 0.328 e. The highest BCUT2D eigenvalue weighted by atomic mass is 16.2. The van der Waals surface area contributed by atoms with Crippen molar-refractivity contribution in [1.82, 2.24) is 15.6 Å². The zero-order valence-corrected chi connectivity index (χ0v) is 14.4. The molecule has 2 bridgehead atoms. The van der Waals surface area contributed by atoms with Crippen molar-refractivity contribution in [3.05, 3.63) is 30.6 Å². The Balaban J connectivity index is 1.56. The minimum atomic E-state index is -0.374. The number of carbonyl (C=O) groups is 2. The molecule has 26 heavy (non-hydrogen) atoms. The largest absolute Gasteiger partial charge is 0.368 e. The molecule has 3 aliphatic rings. The second-order valence-corrected chi connectivity index (χ2v) is 7.33. The van der Waals surface area contributed by atoms with Gasteiger partial charge in [0.15, 0.2) is 0 Å². The standard InChI is InChI=1S/C19H21N5O2/c25-18-6-7-24(19(26)22-18)17-9-20-8-15-14(17)2-1-3-16(15)23-10-12-4-5-13(11-23)21-12/h1-3,8-9,12-13,21H,4-7,10-11H2,(H,22,25,26). The third-order valence-corrected chi connectivity index (χ3v) is 5.66. The summed E-state index contributed by atoms with van der Waals surface area (Å²) in [5.41, 5.74) is 1.93. The van der Waals surface area contributed by atoms with Crippen molar-refractivity contribution in [3.8, 4) is 0 Å². The molecule has 2 N–H and O–H groups in total. The maximum atomic E-state index is 12.3. The van der Waals surface area contributed by atoms with Gasteiger partial charge in [-0.05, 0) is 18.9 Å². The molecule has 3 aliphatic heterocycles. The van der Waals surface area contributed by atoms with E-state index in [-0.39, 0.29) is 11.9 Å². The first kappa shape index (κ1) is 15.6. The van der Waals surface area contributed by atoms with E-state index in [1.807, 2.05) is 18.3 Å². The molecule has 4 heterocycles. The lowest BCUT2D eigenvalue weighted by atomic mass is 10.1. The van der Waals surface area contributed by atoms with Crippen LogP contribution in [0.1, 0.15) is 19.3 Å². The van der Waals surface area contributed by atoms with Crippen LogP contribution in [0, 0.1) is 0 Å². The van der Waals surface area contributed by atoms with E-state index in [9.17, 15) is 9.59 Å². The van der Waals surface area contributed by atoms with E-state index in [4.69, 9.17) is 0 Å². The van der Waals surface area contributed by atoms with E-state index >= 15 is 0 Å². The second-order valence-electron chi connectivity index (χ2n) is 7.33. The number of pyridine rings is 1. The fourth-order valence-electron chi connectivity index (χ4n) is 4.44. The Hall–Kier alpha value is -2.67. The number of hydrogen-bond donors (Lipinski definition) is 2. The Morgan fingerprint density at radius 3 is 2.58 bits per heavy atom. The van der Waals surface area contributed by atoms with Gasteiger partial charge in [0.05, 0.1) is 11.9 Å². The van der Waals surface area contributed by atoms with Gasteiger partial charge in [-0.2, -0.15) is 0 Å². The Labute approximate surface area is 151 Å². The number of benzene rings is 1. The molecule has 0 aliphatic carbocycles. The zero-order chi connectivity index (χ0) is 17.7. The number of piperazine rings is 1. The van der Waals surface area contributed by atoms with E-state index in [0.717, 1.165) is 29.5 Å². The van der Waals surface area contributed by atoms with Gasteiger partial charge >= 0.3 is 6.03 Å². The number of urea groups is 1. The molecule has 0 saturated carbocycles. The molecule has 0 spiro atoms. The molecule has 7 nitrogen and oxygen atoms in total. The van der Waals surface area contributed by atoms with Crippen molar-refractivity contribution >= 4 is 34.1 Å². The van der Waals surface area contributed by atoms with E-state index in [1.54, 1.807) is 11.1 Å². The van der Waals surface area contributed by atoms with Gasteiger partial charge in [-0.25, -0.2) is 4.79 Å². The van der Waals surface area contributed by atoms with Gasteiger partial charge < -0.3 is 10.2 Å².